The van der Waals surface area contributed by atoms with E-state index in [1.807, 2.05) is 6.07 Å². The Morgan fingerprint density at radius 1 is 1.75 bits per heavy atom. The smallest absolute Gasteiger partial charge is 0.0915 e. The predicted octanol–water partition coefficient (Wildman–Crippen LogP) is 0.648. The summed E-state index contributed by atoms with van der Waals surface area (Å²) in [5, 5.41) is 14.5. The molecule has 0 rings (SSSR count). The summed E-state index contributed by atoms with van der Waals surface area (Å²) >= 11 is 0. The van der Waals surface area contributed by atoms with E-state index in [2.05, 4.69) is 0 Å². The lowest BCUT2D eigenvalue weighted by Gasteiger charge is -1.84. The zero-order valence-electron chi connectivity index (χ0n) is 4.35. The van der Waals surface area contributed by atoms with Crippen LogP contribution in [0, 0.1) is 16.7 Å². The fourth-order valence-corrected chi connectivity index (χ4v) is 0.191. The van der Waals surface area contributed by atoms with Crippen LogP contribution >= 0.6 is 12.4 Å². The first kappa shape index (κ1) is 10.3. The molecule has 0 heterocycles. The van der Waals surface area contributed by atoms with Crippen LogP contribution in [0.3, 0.4) is 0 Å². The third-order valence-corrected chi connectivity index (χ3v) is 0.506. The van der Waals surface area contributed by atoms with Crippen LogP contribution in [0.1, 0.15) is 12.8 Å². The van der Waals surface area contributed by atoms with Crippen LogP contribution in [0.25, 0.3) is 0 Å². The number of amidine groups is 1. The lowest BCUT2D eigenvalue weighted by atomic mass is 10.3. The highest BCUT2D eigenvalue weighted by Gasteiger charge is 1.83. The van der Waals surface area contributed by atoms with E-state index < -0.39 is 0 Å². The molecule has 0 aromatic carbocycles. The van der Waals surface area contributed by atoms with Crippen molar-refractivity contribution in [3.05, 3.63) is 0 Å². The molecule has 0 aromatic heterocycles. The van der Waals surface area contributed by atoms with E-state index >= 15 is 0 Å². The minimum absolute atomic E-state index is 0. The maximum absolute atomic E-state index is 7.91. The van der Waals surface area contributed by atoms with Crippen LogP contribution in [-0.2, 0) is 0 Å². The molecular formula is C4H8ClN3. The van der Waals surface area contributed by atoms with Crippen LogP contribution in [0.15, 0.2) is 0 Å². The number of hydrogen-bond donors (Lipinski definition) is 2. The van der Waals surface area contributed by atoms with Crippen molar-refractivity contribution in [2.24, 2.45) is 5.73 Å². The summed E-state index contributed by atoms with van der Waals surface area (Å²) in [6, 6.07) is 1.88. The molecule has 0 aromatic rings. The van der Waals surface area contributed by atoms with Gasteiger partial charge in [-0.15, -0.1) is 12.4 Å². The maximum Gasteiger partial charge on any atom is 0.0915 e. The highest BCUT2D eigenvalue weighted by atomic mass is 35.5. The Kier molecular flexibility index (Phi) is 8.03. The predicted molar refractivity (Wildman–Crippen MR) is 34.0 cm³/mol. The van der Waals surface area contributed by atoms with Crippen molar-refractivity contribution >= 4 is 18.2 Å². The van der Waals surface area contributed by atoms with Crippen LogP contribution in [-0.4, -0.2) is 5.84 Å². The van der Waals surface area contributed by atoms with Crippen molar-refractivity contribution in [1.82, 2.24) is 0 Å². The molecule has 0 atom stereocenters. The summed E-state index contributed by atoms with van der Waals surface area (Å²) in [4.78, 5) is 0. The lowest BCUT2D eigenvalue weighted by molar-refractivity contribution is 1.07. The Labute approximate surface area is 54.4 Å². The molecule has 0 unspecified atom stereocenters. The lowest BCUT2D eigenvalue weighted by Crippen LogP contribution is -2.07. The van der Waals surface area contributed by atoms with Gasteiger partial charge >= 0.3 is 0 Å². The second-order valence-corrected chi connectivity index (χ2v) is 1.18. The molecule has 0 saturated carbocycles. The molecule has 0 aliphatic carbocycles. The third kappa shape index (κ3) is 8.98. The molecule has 0 fully saturated rings. The molecule has 8 heavy (non-hydrogen) atoms. The summed E-state index contributed by atoms with van der Waals surface area (Å²) in [7, 11) is 0. The Bertz CT molecular complexity index is 104. The van der Waals surface area contributed by atoms with Gasteiger partial charge in [-0.3, -0.25) is 5.41 Å². The topological polar surface area (TPSA) is 73.7 Å². The Hall–Kier alpha value is -0.750. The standard InChI is InChI=1S/C4H7N3.ClH/c5-3-1-2-4(6)7;/h1-2H2,(H3,6,7);1H. The maximum atomic E-state index is 7.91. The van der Waals surface area contributed by atoms with Gasteiger partial charge in [0.15, 0.2) is 0 Å². The van der Waals surface area contributed by atoms with Gasteiger partial charge in [0.2, 0.25) is 0 Å². The van der Waals surface area contributed by atoms with E-state index in [1.54, 1.807) is 0 Å². The molecule has 0 amide bonds. The minimum Gasteiger partial charge on any atom is -0.388 e. The van der Waals surface area contributed by atoms with E-state index in [9.17, 15) is 0 Å². The Balaban J connectivity index is 0. The Morgan fingerprint density at radius 3 is 2.38 bits per heavy atom. The van der Waals surface area contributed by atoms with Gasteiger partial charge < -0.3 is 5.73 Å². The monoisotopic (exact) mass is 133 g/mol. The molecule has 0 spiro atoms. The second kappa shape index (κ2) is 6.25. The number of nitriles is 1. The molecule has 3 nitrogen and oxygen atoms in total. The number of rotatable bonds is 2. The molecule has 0 aliphatic heterocycles. The van der Waals surface area contributed by atoms with Crippen molar-refractivity contribution in [3.63, 3.8) is 0 Å². The molecule has 0 bridgehead atoms. The van der Waals surface area contributed by atoms with Gasteiger partial charge in [-0.2, -0.15) is 5.26 Å². The number of nitrogens with zero attached hydrogens (tertiary/aromatic N) is 1. The van der Waals surface area contributed by atoms with Crippen molar-refractivity contribution in [3.8, 4) is 6.07 Å². The zero-order valence-corrected chi connectivity index (χ0v) is 5.16. The van der Waals surface area contributed by atoms with Crippen molar-refractivity contribution in [1.29, 1.82) is 10.7 Å². The highest BCUT2D eigenvalue weighted by molar-refractivity contribution is 5.85. The molecule has 0 aliphatic rings. The SMILES string of the molecule is Cl.N#CCCC(=N)N. The van der Waals surface area contributed by atoms with Gasteiger partial charge in [-0.05, 0) is 0 Å². The fraction of sp³-hybridized carbons (Fsp3) is 0.500. The normalized spacial score (nSPS) is 6.38. The molecule has 0 saturated heterocycles. The molecule has 46 valence electrons. The van der Waals surface area contributed by atoms with Crippen LogP contribution in [0.5, 0.6) is 0 Å². The summed E-state index contributed by atoms with van der Waals surface area (Å²) in [5.74, 6) is 0.0848. The molecule has 3 N–H and O–H groups in total. The van der Waals surface area contributed by atoms with Crippen molar-refractivity contribution < 1.29 is 0 Å². The Morgan fingerprint density at radius 2 is 2.25 bits per heavy atom. The average Bonchev–Trinajstić information content (AvgIpc) is 1.61. The first-order valence-electron chi connectivity index (χ1n) is 1.97. The van der Waals surface area contributed by atoms with Crippen LogP contribution < -0.4 is 5.73 Å². The van der Waals surface area contributed by atoms with Gasteiger partial charge in [0.25, 0.3) is 0 Å². The van der Waals surface area contributed by atoms with E-state index in [0.717, 1.165) is 0 Å². The molecule has 4 heteroatoms. The third-order valence-electron chi connectivity index (χ3n) is 0.506. The first-order chi connectivity index (χ1) is 3.27. The minimum atomic E-state index is 0. The van der Waals surface area contributed by atoms with Crippen LogP contribution in [0.4, 0.5) is 0 Å². The van der Waals surface area contributed by atoms with Crippen LogP contribution in [0.2, 0.25) is 0 Å². The number of nitrogens with one attached hydrogen (secondary N) is 1. The summed E-state index contributed by atoms with van der Waals surface area (Å²) in [6.07, 6.45) is 0.756. The number of hydrogen-bond acceptors (Lipinski definition) is 2. The fourth-order valence-electron chi connectivity index (χ4n) is 0.191. The average molecular weight is 134 g/mol. The van der Waals surface area contributed by atoms with Gasteiger partial charge in [-0.25, -0.2) is 0 Å². The quantitative estimate of drug-likeness (QED) is 0.429. The van der Waals surface area contributed by atoms with E-state index in [1.165, 1.54) is 0 Å². The van der Waals surface area contributed by atoms with E-state index in [-0.39, 0.29) is 18.2 Å². The van der Waals surface area contributed by atoms with E-state index in [0.29, 0.717) is 12.8 Å². The van der Waals surface area contributed by atoms with Gasteiger partial charge in [0, 0.05) is 12.8 Å². The second-order valence-electron chi connectivity index (χ2n) is 1.18. The zero-order chi connectivity index (χ0) is 5.70. The summed E-state index contributed by atoms with van der Waals surface area (Å²) in [6.45, 7) is 0. The largest absolute Gasteiger partial charge is 0.388 e. The van der Waals surface area contributed by atoms with Crippen molar-refractivity contribution in [2.45, 2.75) is 12.8 Å². The summed E-state index contributed by atoms with van der Waals surface area (Å²) in [5.41, 5.74) is 4.91. The molecular weight excluding hydrogens is 126 g/mol. The van der Waals surface area contributed by atoms with Gasteiger partial charge in [0.1, 0.15) is 0 Å². The molecule has 0 radical (unpaired) electrons. The van der Waals surface area contributed by atoms with E-state index in [4.69, 9.17) is 16.4 Å². The highest BCUT2D eigenvalue weighted by Crippen LogP contribution is 1.81. The number of nitrogens with two attached hydrogens (primary N) is 1. The number of halogens is 1. The van der Waals surface area contributed by atoms with Gasteiger partial charge in [0.05, 0.1) is 11.9 Å². The van der Waals surface area contributed by atoms with Crippen molar-refractivity contribution in [2.75, 3.05) is 0 Å². The first-order valence-corrected chi connectivity index (χ1v) is 1.97. The van der Waals surface area contributed by atoms with Gasteiger partial charge in [-0.1, -0.05) is 0 Å². The summed E-state index contributed by atoms with van der Waals surface area (Å²) < 4.78 is 0.